The summed E-state index contributed by atoms with van der Waals surface area (Å²) in [5.74, 6) is -0.564. The number of hydrogen-bond acceptors (Lipinski definition) is 3. The predicted molar refractivity (Wildman–Crippen MR) is 78.9 cm³/mol. The van der Waals surface area contributed by atoms with E-state index in [1.807, 2.05) is 7.05 Å². The molecule has 0 spiro atoms. The van der Waals surface area contributed by atoms with Crippen LogP contribution in [-0.4, -0.2) is 30.4 Å². The molecule has 1 aromatic carbocycles. The van der Waals surface area contributed by atoms with Crippen molar-refractivity contribution in [1.29, 1.82) is 0 Å². The van der Waals surface area contributed by atoms with Crippen LogP contribution in [0, 0.1) is 5.82 Å². The Morgan fingerprint density at radius 2 is 2.10 bits per heavy atom. The Kier molecular flexibility index (Phi) is 4.95. The van der Waals surface area contributed by atoms with E-state index < -0.39 is 5.82 Å². The summed E-state index contributed by atoms with van der Waals surface area (Å²) in [6.07, 6.45) is 6.10. The van der Waals surface area contributed by atoms with Gasteiger partial charge in [0.25, 0.3) is 0 Å². The third kappa shape index (κ3) is 3.93. The van der Waals surface area contributed by atoms with Gasteiger partial charge in [0.2, 0.25) is 5.91 Å². The van der Waals surface area contributed by atoms with Crippen LogP contribution in [0.5, 0.6) is 0 Å². The number of carbonyl (C=O) groups is 1. The van der Waals surface area contributed by atoms with Crippen LogP contribution in [0.3, 0.4) is 0 Å². The van der Waals surface area contributed by atoms with Crippen molar-refractivity contribution in [2.24, 2.45) is 0 Å². The number of nitrogen functional groups attached to an aromatic ring is 1. The summed E-state index contributed by atoms with van der Waals surface area (Å²) < 4.78 is 13.0. The number of nitrogens with one attached hydrogen (secondary N) is 1. The third-order valence-electron chi connectivity index (χ3n) is 3.87. The summed E-state index contributed by atoms with van der Waals surface area (Å²) in [5, 5.41) is 2.75. The molecule has 1 aromatic rings. The highest BCUT2D eigenvalue weighted by molar-refractivity contribution is 5.92. The molecule has 0 aromatic heterocycles. The number of nitrogens with two attached hydrogens (primary N) is 1. The number of nitrogens with zero attached hydrogens (tertiary/aromatic N) is 1. The lowest BCUT2D eigenvalue weighted by atomic mass is 9.94. The van der Waals surface area contributed by atoms with Crippen molar-refractivity contribution in [2.45, 2.75) is 38.1 Å². The van der Waals surface area contributed by atoms with E-state index in [0.29, 0.717) is 18.3 Å². The quantitative estimate of drug-likeness (QED) is 0.833. The first-order valence-electron chi connectivity index (χ1n) is 7.11. The van der Waals surface area contributed by atoms with Gasteiger partial charge in [-0.05, 0) is 38.1 Å². The number of halogens is 1. The van der Waals surface area contributed by atoms with Crippen LogP contribution in [0.15, 0.2) is 18.2 Å². The van der Waals surface area contributed by atoms with E-state index in [9.17, 15) is 9.18 Å². The summed E-state index contributed by atoms with van der Waals surface area (Å²) in [5.41, 5.74) is 6.06. The van der Waals surface area contributed by atoms with Crippen LogP contribution < -0.4 is 11.1 Å². The van der Waals surface area contributed by atoms with Gasteiger partial charge in [-0.2, -0.15) is 0 Å². The normalized spacial score (nSPS) is 16.4. The summed E-state index contributed by atoms with van der Waals surface area (Å²) in [6, 6.07) is 4.71. The van der Waals surface area contributed by atoms with E-state index in [4.69, 9.17) is 5.73 Å². The van der Waals surface area contributed by atoms with Crippen LogP contribution in [0.4, 0.5) is 15.8 Å². The zero-order valence-corrected chi connectivity index (χ0v) is 11.9. The average Bonchev–Trinajstić information content (AvgIpc) is 2.44. The van der Waals surface area contributed by atoms with Crippen LogP contribution >= 0.6 is 0 Å². The number of amides is 1. The Morgan fingerprint density at radius 1 is 1.40 bits per heavy atom. The van der Waals surface area contributed by atoms with Gasteiger partial charge in [-0.25, -0.2) is 4.39 Å². The number of likely N-dealkylation sites (N-methyl/N-ethyl adjacent to an activating group) is 1. The van der Waals surface area contributed by atoms with Gasteiger partial charge in [-0.3, -0.25) is 9.69 Å². The molecule has 0 bridgehead atoms. The van der Waals surface area contributed by atoms with E-state index in [1.54, 1.807) is 0 Å². The van der Waals surface area contributed by atoms with Crippen LogP contribution in [0.25, 0.3) is 0 Å². The minimum Gasteiger partial charge on any atom is -0.396 e. The Labute approximate surface area is 119 Å². The molecule has 0 radical (unpaired) electrons. The van der Waals surface area contributed by atoms with Gasteiger partial charge >= 0.3 is 0 Å². The van der Waals surface area contributed by atoms with Gasteiger partial charge in [0, 0.05) is 11.7 Å². The minimum atomic E-state index is -0.470. The molecule has 1 saturated carbocycles. The van der Waals surface area contributed by atoms with Crippen molar-refractivity contribution in [3.05, 3.63) is 24.0 Å². The standard InChI is InChI=1S/C15H22FN3O/c1-19(12-5-3-2-4-6-12)10-15(20)18-11-7-8-13(16)14(17)9-11/h7-9,12H,2-6,10,17H2,1H3,(H,18,20). The molecule has 1 aliphatic rings. The van der Waals surface area contributed by atoms with Gasteiger partial charge < -0.3 is 11.1 Å². The molecule has 0 aliphatic heterocycles. The molecule has 1 amide bonds. The lowest BCUT2D eigenvalue weighted by Gasteiger charge is -2.30. The van der Waals surface area contributed by atoms with E-state index in [0.717, 1.165) is 12.8 Å². The Morgan fingerprint density at radius 3 is 2.75 bits per heavy atom. The molecule has 1 aliphatic carbocycles. The second kappa shape index (κ2) is 6.70. The SMILES string of the molecule is CN(CC(=O)Nc1ccc(F)c(N)c1)C1CCCCC1. The molecular weight excluding hydrogens is 257 g/mol. The summed E-state index contributed by atoms with van der Waals surface area (Å²) >= 11 is 0. The van der Waals surface area contributed by atoms with Gasteiger partial charge in [0.1, 0.15) is 5.82 Å². The minimum absolute atomic E-state index is 0.0448. The molecule has 0 atom stereocenters. The third-order valence-corrected chi connectivity index (χ3v) is 3.87. The zero-order valence-electron chi connectivity index (χ0n) is 11.9. The fourth-order valence-electron chi connectivity index (χ4n) is 2.70. The topological polar surface area (TPSA) is 58.4 Å². The van der Waals surface area contributed by atoms with Crippen LogP contribution in [0.1, 0.15) is 32.1 Å². The molecule has 3 N–H and O–H groups in total. The number of rotatable bonds is 4. The Hall–Kier alpha value is -1.62. The molecule has 110 valence electrons. The first kappa shape index (κ1) is 14.8. The van der Waals surface area contributed by atoms with Gasteiger partial charge in [0.05, 0.1) is 12.2 Å². The number of hydrogen-bond donors (Lipinski definition) is 2. The van der Waals surface area contributed by atoms with Gasteiger partial charge in [0.15, 0.2) is 0 Å². The van der Waals surface area contributed by atoms with Crippen molar-refractivity contribution >= 4 is 17.3 Å². The fourth-order valence-corrected chi connectivity index (χ4v) is 2.70. The summed E-state index contributed by atoms with van der Waals surface area (Å²) in [7, 11) is 1.98. The average molecular weight is 279 g/mol. The molecule has 1 fully saturated rings. The van der Waals surface area contributed by atoms with Crippen molar-refractivity contribution in [2.75, 3.05) is 24.6 Å². The first-order chi connectivity index (χ1) is 9.56. The maximum Gasteiger partial charge on any atom is 0.238 e. The lowest BCUT2D eigenvalue weighted by Crippen LogP contribution is -2.39. The molecule has 5 heteroatoms. The van der Waals surface area contributed by atoms with E-state index in [-0.39, 0.29) is 11.6 Å². The zero-order chi connectivity index (χ0) is 14.5. The van der Waals surface area contributed by atoms with Crippen molar-refractivity contribution in [1.82, 2.24) is 4.90 Å². The molecule has 4 nitrogen and oxygen atoms in total. The van der Waals surface area contributed by atoms with Crippen molar-refractivity contribution in [3.63, 3.8) is 0 Å². The summed E-state index contributed by atoms with van der Waals surface area (Å²) in [4.78, 5) is 14.1. The van der Waals surface area contributed by atoms with E-state index in [2.05, 4.69) is 10.2 Å². The van der Waals surface area contributed by atoms with E-state index >= 15 is 0 Å². The highest BCUT2D eigenvalue weighted by atomic mass is 19.1. The Bertz CT molecular complexity index is 472. The number of carbonyl (C=O) groups excluding carboxylic acids is 1. The molecular formula is C15H22FN3O. The first-order valence-corrected chi connectivity index (χ1v) is 7.11. The Balaban J connectivity index is 1.86. The molecule has 2 rings (SSSR count). The largest absolute Gasteiger partial charge is 0.396 e. The monoisotopic (exact) mass is 279 g/mol. The number of benzene rings is 1. The van der Waals surface area contributed by atoms with Crippen molar-refractivity contribution in [3.8, 4) is 0 Å². The van der Waals surface area contributed by atoms with Crippen molar-refractivity contribution < 1.29 is 9.18 Å². The second-order valence-electron chi connectivity index (χ2n) is 5.49. The highest BCUT2D eigenvalue weighted by Gasteiger charge is 2.19. The molecule has 0 unspecified atom stereocenters. The smallest absolute Gasteiger partial charge is 0.238 e. The predicted octanol–water partition coefficient (Wildman–Crippen LogP) is 2.61. The highest BCUT2D eigenvalue weighted by Crippen LogP contribution is 2.21. The summed E-state index contributed by atoms with van der Waals surface area (Å²) in [6.45, 7) is 0.349. The maximum absolute atomic E-state index is 13.0. The lowest BCUT2D eigenvalue weighted by molar-refractivity contribution is -0.117. The number of anilines is 2. The molecule has 20 heavy (non-hydrogen) atoms. The second-order valence-corrected chi connectivity index (χ2v) is 5.49. The maximum atomic E-state index is 13.0. The van der Waals surface area contributed by atoms with Gasteiger partial charge in [-0.1, -0.05) is 19.3 Å². The molecule has 0 saturated heterocycles. The van der Waals surface area contributed by atoms with Crippen LogP contribution in [-0.2, 0) is 4.79 Å². The van der Waals surface area contributed by atoms with E-state index in [1.165, 1.54) is 37.5 Å². The fraction of sp³-hybridized carbons (Fsp3) is 0.533. The molecule has 0 heterocycles. The van der Waals surface area contributed by atoms with Gasteiger partial charge in [-0.15, -0.1) is 0 Å². The van der Waals surface area contributed by atoms with Crippen LogP contribution in [0.2, 0.25) is 0 Å².